The number of anilines is 1. The topological polar surface area (TPSA) is 50.3 Å². The van der Waals surface area contributed by atoms with Crippen LogP contribution >= 0.6 is 38.6 Å². The minimum absolute atomic E-state index is 0.303. The van der Waals surface area contributed by atoms with Gasteiger partial charge in [0, 0.05) is 18.6 Å². The fourth-order valence-corrected chi connectivity index (χ4v) is 5.21. The van der Waals surface area contributed by atoms with E-state index in [0.29, 0.717) is 9.34 Å². The smallest absolute Gasteiger partial charge is 0.244 e. The van der Waals surface area contributed by atoms with Crippen molar-refractivity contribution in [1.82, 2.24) is 4.98 Å². The Bertz CT molecular complexity index is 576. The number of nitrogens with zero attached hydrogens (tertiary/aromatic N) is 2. The maximum atomic E-state index is 12.1. The van der Waals surface area contributed by atoms with E-state index in [-0.39, 0.29) is 0 Å². The van der Waals surface area contributed by atoms with Gasteiger partial charge in [-0.25, -0.2) is 17.7 Å². The maximum absolute atomic E-state index is 12.1. The summed E-state index contributed by atoms with van der Waals surface area (Å²) in [4.78, 5) is 3.97. The van der Waals surface area contributed by atoms with E-state index >= 15 is 0 Å². The van der Waals surface area contributed by atoms with Gasteiger partial charge in [0.15, 0.2) is 5.13 Å². The lowest BCUT2D eigenvalue weighted by Crippen LogP contribution is -2.25. The average Bonchev–Trinajstić information content (AvgIpc) is 2.86. The number of rotatable bonds is 3. The van der Waals surface area contributed by atoms with Crippen molar-refractivity contribution in [2.75, 3.05) is 11.4 Å². The Hall–Kier alpha value is -0.440. The van der Waals surface area contributed by atoms with E-state index in [1.165, 1.54) is 34.0 Å². The zero-order valence-electron chi connectivity index (χ0n) is 8.12. The Morgan fingerprint density at radius 1 is 1.44 bits per heavy atom. The zero-order chi connectivity index (χ0) is 11.8. The summed E-state index contributed by atoms with van der Waals surface area (Å²) in [6.45, 7) is 0. The molecule has 2 heterocycles. The number of halogens is 1. The van der Waals surface area contributed by atoms with Crippen molar-refractivity contribution >= 4 is 53.8 Å². The van der Waals surface area contributed by atoms with Crippen molar-refractivity contribution < 1.29 is 8.42 Å². The van der Waals surface area contributed by atoms with Gasteiger partial charge in [0.25, 0.3) is 10.0 Å². The third-order valence-electron chi connectivity index (χ3n) is 1.85. The summed E-state index contributed by atoms with van der Waals surface area (Å²) in [5.41, 5.74) is 0. The highest BCUT2D eigenvalue weighted by Gasteiger charge is 2.24. The molecule has 0 spiro atoms. The second-order valence-corrected chi connectivity index (χ2v) is 8.38. The van der Waals surface area contributed by atoms with Gasteiger partial charge in [-0.15, -0.1) is 22.7 Å². The molecule has 2 aromatic rings. The highest BCUT2D eigenvalue weighted by molar-refractivity contribution is 9.11. The Morgan fingerprint density at radius 3 is 2.69 bits per heavy atom. The molecule has 8 heteroatoms. The van der Waals surface area contributed by atoms with Gasteiger partial charge in [-0.1, -0.05) is 0 Å². The third kappa shape index (κ3) is 2.15. The van der Waals surface area contributed by atoms with E-state index in [1.807, 2.05) is 0 Å². The molecular weight excluding hydrogens is 332 g/mol. The largest absolute Gasteiger partial charge is 0.275 e. The summed E-state index contributed by atoms with van der Waals surface area (Å²) >= 11 is 5.72. The highest BCUT2D eigenvalue weighted by Crippen LogP contribution is 2.30. The molecule has 0 radical (unpaired) electrons. The average molecular weight is 339 g/mol. The number of thiophene rings is 1. The molecular formula is C8H7BrN2O2S3. The quantitative estimate of drug-likeness (QED) is 0.864. The summed E-state index contributed by atoms with van der Waals surface area (Å²) in [6, 6.07) is 3.29. The fraction of sp³-hybridized carbons (Fsp3) is 0.125. The van der Waals surface area contributed by atoms with Gasteiger partial charge >= 0.3 is 0 Å². The Balaban J connectivity index is 2.40. The molecule has 0 aliphatic carbocycles. The number of hydrogen-bond acceptors (Lipinski definition) is 5. The number of hydrogen-bond donors (Lipinski definition) is 0. The third-order valence-corrected chi connectivity index (χ3v) is 6.65. The molecule has 2 rings (SSSR count). The summed E-state index contributed by atoms with van der Waals surface area (Å²) in [7, 11) is -1.97. The van der Waals surface area contributed by atoms with Crippen LogP contribution in [0.1, 0.15) is 0 Å². The minimum Gasteiger partial charge on any atom is -0.244 e. The van der Waals surface area contributed by atoms with E-state index in [0.717, 1.165) is 3.79 Å². The van der Waals surface area contributed by atoms with E-state index in [9.17, 15) is 8.42 Å². The Labute approximate surface area is 110 Å². The number of aromatic nitrogens is 1. The lowest BCUT2D eigenvalue weighted by molar-refractivity contribution is 0.596. The lowest BCUT2D eigenvalue weighted by Gasteiger charge is -2.14. The number of thiazole rings is 1. The van der Waals surface area contributed by atoms with Crippen molar-refractivity contribution in [3.63, 3.8) is 0 Å². The van der Waals surface area contributed by atoms with Gasteiger partial charge in [-0.2, -0.15) is 0 Å². The summed E-state index contributed by atoms with van der Waals surface area (Å²) in [5.74, 6) is 0. The van der Waals surface area contributed by atoms with Crippen LogP contribution in [0.5, 0.6) is 0 Å². The molecule has 86 valence electrons. The van der Waals surface area contributed by atoms with E-state index in [4.69, 9.17) is 0 Å². The SMILES string of the molecule is CN(c1nccs1)S(=O)(=O)c1ccc(Br)s1. The zero-order valence-corrected chi connectivity index (χ0v) is 12.2. The molecule has 0 aromatic carbocycles. The van der Waals surface area contributed by atoms with E-state index < -0.39 is 10.0 Å². The molecule has 0 amide bonds. The predicted molar refractivity (Wildman–Crippen MR) is 69.7 cm³/mol. The van der Waals surface area contributed by atoms with E-state index in [1.54, 1.807) is 23.7 Å². The van der Waals surface area contributed by atoms with Gasteiger partial charge < -0.3 is 0 Å². The van der Waals surface area contributed by atoms with Crippen molar-refractivity contribution in [3.8, 4) is 0 Å². The molecule has 0 unspecified atom stereocenters. The molecule has 0 fully saturated rings. The first-order valence-electron chi connectivity index (χ1n) is 4.15. The Kier molecular flexibility index (Phi) is 3.34. The minimum atomic E-state index is -3.47. The van der Waals surface area contributed by atoms with Crippen LogP contribution in [0.25, 0.3) is 0 Å². The summed E-state index contributed by atoms with van der Waals surface area (Å²) < 4.78 is 26.5. The molecule has 0 aliphatic heterocycles. The van der Waals surface area contributed by atoms with Crippen LogP contribution in [-0.4, -0.2) is 20.4 Å². The van der Waals surface area contributed by atoms with Crippen LogP contribution in [-0.2, 0) is 10.0 Å². The molecule has 0 saturated carbocycles. The molecule has 4 nitrogen and oxygen atoms in total. The monoisotopic (exact) mass is 338 g/mol. The molecule has 2 aromatic heterocycles. The van der Waals surface area contributed by atoms with Gasteiger partial charge in [0.2, 0.25) is 0 Å². The van der Waals surface area contributed by atoms with Gasteiger partial charge in [0.05, 0.1) is 3.79 Å². The second kappa shape index (κ2) is 4.44. The van der Waals surface area contributed by atoms with Crippen molar-refractivity contribution in [2.45, 2.75) is 4.21 Å². The van der Waals surface area contributed by atoms with Crippen LogP contribution in [0.4, 0.5) is 5.13 Å². The number of sulfonamides is 1. The van der Waals surface area contributed by atoms with Crippen LogP contribution < -0.4 is 4.31 Å². The maximum Gasteiger partial charge on any atom is 0.275 e. The second-order valence-electron chi connectivity index (χ2n) is 2.85. The van der Waals surface area contributed by atoms with Crippen molar-refractivity contribution in [3.05, 3.63) is 27.5 Å². The Morgan fingerprint density at radius 2 is 2.19 bits per heavy atom. The first-order chi connectivity index (χ1) is 7.51. The van der Waals surface area contributed by atoms with Crippen LogP contribution in [0, 0.1) is 0 Å². The van der Waals surface area contributed by atoms with Gasteiger partial charge in [-0.05, 0) is 28.1 Å². The standard InChI is InChI=1S/C8H7BrN2O2S3/c1-11(8-10-4-5-14-8)16(12,13)7-3-2-6(9)15-7/h2-5H,1H3. The first kappa shape index (κ1) is 12.0. The normalized spacial score (nSPS) is 11.6. The molecule has 0 aliphatic rings. The van der Waals surface area contributed by atoms with E-state index in [2.05, 4.69) is 20.9 Å². The van der Waals surface area contributed by atoms with Crippen molar-refractivity contribution in [1.29, 1.82) is 0 Å². The lowest BCUT2D eigenvalue weighted by atomic mass is 10.7. The fourth-order valence-electron chi connectivity index (χ4n) is 1.05. The molecule has 0 saturated heterocycles. The predicted octanol–water partition coefficient (Wildman–Crippen LogP) is 2.79. The van der Waals surface area contributed by atoms with Crippen LogP contribution in [0.2, 0.25) is 0 Å². The van der Waals surface area contributed by atoms with Crippen LogP contribution in [0.3, 0.4) is 0 Å². The molecule has 0 N–H and O–H groups in total. The van der Waals surface area contributed by atoms with Gasteiger partial charge in [0.1, 0.15) is 4.21 Å². The molecule has 0 bridgehead atoms. The molecule has 0 atom stereocenters. The first-order valence-corrected chi connectivity index (χ1v) is 8.08. The summed E-state index contributed by atoms with van der Waals surface area (Å²) in [6.07, 6.45) is 1.58. The summed E-state index contributed by atoms with van der Waals surface area (Å²) in [5, 5.41) is 2.20. The van der Waals surface area contributed by atoms with Crippen molar-refractivity contribution in [2.24, 2.45) is 0 Å². The van der Waals surface area contributed by atoms with Gasteiger partial charge in [-0.3, -0.25) is 0 Å². The highest BCUT2D eigenvalue weighted by atomic mass is 79.9. The molecule has 16 heavy (non-hydrogen) atoms. The van der Waals surface area contributed by atoms with Crippen LogP contribution in [0.15, 0.2) is 31.7 Å².